The molecule has 0 atom stereocenters. The van der Waals surface area contributed by atoms with Crippen molar-refractivity contribution in [1.29, 1.82) is 0 Å². The summed E-state index contributed by atoms with van der Waals surface area (Å²) in [5.41, 5.74) is 0.300. The van der Waals surface area contributed by atoms with Crippen LogP contribution in [0.4, 0.5) is 0 Å². The van der Waals surface area contributed by atoms with E-state index in [0.29, 0.717) is 5.41 Å². The maximum Gasteiger partial charge on any atom is 0.0524 e. The third-order valence-corrected chi connectivity index (χ3v) is 1.77. The van der Waals surface area contributed by atoms with E-state index in [2.05, 4.69) is 19.1 Å². The van der Waals surface area contributed by atoms with Gasteiger partial charge in [0.2, 0.25) is 0 Å². The third kappa shape index (κ3) is 1.40. The summed E-state index contributed by atoms with van der Waals surface area (Å²) in [6.07, 6.45) is 1.08. The molecule has 0 amide bonds. The van der Waals surface area contributed by atoms with E-state index < -0.39 is 0 Å². The summed E-state index contributed by atoms with van der Waals surface area (Å²) >= 11 is 0. The van der Waals surface area contributed by atoms with Crippen LogP contribution in [0.15, 0.2) is 5.29 Å². The number of hydrogen-bond donors (Lipinski definition) is 0. The molecule has 1 heterocycles. The van der Waals surface area contributed by atoms with Gasteiger partial charge in [0.15, 0.2) is 0 Å². The lowest BCUT2D eigenvalue weighted by atomic mass is 9.93. The van der Waals surface area contributed by atoms with E-state index in [4.69, 9.17) is 0 Å². The zero-order valence-corrected chi connectivity index (χ0v) is 5.92. The molecule has 1 aliphatic heterocycles. The molecule has 52 valence electrons. The van der Waals surface area contributed by atoms with Crippen LogP contribution in [-0.4, -0.2) is 18.1 Å². The topological polar surface area (TPSA) is 32.7 Å². The lowest BCUT2D eigenvalue weighted by Crippen LogP contribution is -2.17. The van der Waals surface area contributed by atoms with Gasteiger partial charge in [-0.15, -0.1) is 4.91 Å². The van der Waals surface area contributed by atoms with Gasteiger partial charge in [-0.1, -0.05) is 13.8 Å². The number of hydrogen-bond acceptors (Lipinski definition) is 2. The average molecular weight is 128 g/mol. The molecule has 0 bridgehead atoms. The van der Waals surface area contributed by atoms with Gasteiger partial charge in [0.05, 0.1) is 5.29 Å². The highest BCUT2D eigenvalue weighted by molar-refractivity contribution is 4.79. The van der Waals surface area contributed by atoms with Gasteiger partial charge in [0.1, 0.15) is 0 Å². The molecule has 9 heavy (non-hydrogen) atoms. The van der Waals surface area contributed by atoms with Crippen LogP contribution < -0.4 is 0 Å². The van der Waals surface area contributed by atoms with E-state index >= 15 is 0 Å². The van der Waals surface area contributed by atoms with Gasteiger partial charge in [0, 0.05) is 13.1 Å². The van der Waals surface area contributed by atoms with Crippen molar-refractivity contribution >= 4 is 0 Å². The smallest absolute Gasteiger partial charge is 0.0524 e. The van der Waals surface area contributed by atoms with E-state index in [1.165, 1.54) is 0 Å². The Bertz CT molecular complexity index is 122. The summed E-state index contributed by atoms with van der Waals surface area (Å²) in [7, 11) is 0. The Balaban J connectivity index is 2.47. The van der Waals surface area contributed by atoms with Gasteiger partial charge < -0.3 is 0 Å². The fraction of sp³-hybridized carbons (Fsp3) is 1.00. The molecule has 0 aliphatic carbocycles. The summed E-state index contributed by atoms with van der Waals surface area (Å²) in [5.74, 6) is 0. The van der Waals surface area contributed by atoms with E-state index in [-0.39, 0.29) is 0 Å². The zero-order chi connectivity index (χ0) is 6.91. The minimum absolute atomic E-state index is 0.300. The summed E-state index contributed by atoms with van der Waals surface area (Å²) in [6, 6.07) is 0. The Kier molecular flexibility index (Phi) is 1.43. The first-order chi connectivity index (χ1) is 4.14. The monoisotopic (exact) mass is 128 g/mol. The van der Waals surface area contributed by atoms with Crippen molar-refractivity contribution in [1.82, 2.24) is 5.01 Å². The minimum Gasteiger partial charge on any atom is -0.260 e. The normalized spacial score (nSPS) is 24.4. The molecule has 1 aliphatic rings. The average Bonchev–Trinajstić information content (AvgIpc) is 2.10. The Morgan fingerprint density at radius 3 is 2.44 bits per heavy atom. The second-order valence-electron chi connectivity index (χ2n) is 3.38. The predicted octanol–water partition coefficient (Wildman–Crippen LogP) is 1.40. The van der Waals surface area contributed by atoms with Crippen LogP contribution in [0.3, 0.4) is 0 Å². The summed E-state index contributed by atoms with van der Waals surface area (Å²) in [5, 5.41) is 4.45. The number of nitroso groups, excluding NO2 is 1. The van der Waals surface area contributed by atoms with Gasteiger partial charge in [-0.3, -0.25) is 5.01 Å². The first-order valence-electron chi connectivity index (χ1n) is 3.22. The molecule has 0 aromatic heterocycles. The minimum atomic E-state index is 0.300. The molecule has 0 aromatic carbocycles. The molecule has 3 nitrogen and oxygen atoms in total. The van der Waals surface area contributed by atoms with Gasteiger partial charge in [-0.25, -0.2) is 0 Å². The van der Waals surface area contributed by atoms with E-state index in [0.717, 1.165) is 19.5 Å². The van der Waals surface area contributed by atoms with Crippen LogP contribution in [0.2, 0.25) is 0 Å². The van der Waals surface area contributed by atoms with E-state index in [1.807, 2.05) is 0 Å². The fourth-order valence-corrected chi connectivity index (χ4v) is 1.15. The summed E-state index contributed by atoms with van der Waals surface area (Å²) in [4.78, 5) is 9.97. The van der Waals surface area contributed by atoms with E-state index in [1.54, 1.807) is 5.01 Å². The van der Waals surface area contributed by atoms with Crippen LogP contribution in [0.25, 0.3) is 0 Å². The highest BCUT2D eigenvalue weighted by Gasteiger charge is 2.28. The molecule has 3 heteroatoms. The SMILES string of the molecule is CC1(C)CCN(N=O)C1. The second-order valence-corrected chi connectivity index (χ2v) is 3.38. The summed E-state index contributed by atoms with van der Waals surface area (Å²) < 4.78 is 0. The maximum absolute atomic E-state index is 9.97. The molecular formula is C6H12N2O. The quantitative estimate of drug-likeness (QED) is 0.500. The molecule has 0 unspecified atom stereocenters. The summed E-state index contributed by atoms with van der Waals surface area (Å²) in [6.45, 7) is 5.95. The molecule has 0 spiro atoms. The molecule has 0 radical (unpaired) electrons. The van der Waals surface area contributed by atoms with E-state index in [9.17, 15) is 4.91 Å². The fourth-order valence-electron chi connectivity index (χ4n) is 1.15. The van der Waals surface area contributed by atoms with Gasteiger partial charge in [0.25, 0.3) is 0 Å². The molecule has 0 saturated carbocycles. The van der Waals surface area contributed by atoms with Crippen LogP contribution in [0.1, 0.15) is 20.3 Å². The molecule has 0 N–H and O–H groups in total. The molecule has 0 aromatic rings. The van der Waals surface area contributed by atoms with Crippen molar-refractivity contribution < 1.29 is 0 Å². The largest absolute Gasteiger partial charge is 0.260 e. The molecule has 1 fully saturated rings. The van der Waals surface area contributed by atoms with Crippen molar-refractivity contribution in [2.24, 2.45) is 10.7 Å². The molecular weight excluding hydrogens is 116 g/mol. The Labute approximate surface area is 55.0 Å². The zero-order valence-electron chi connectivity index (χ0n) is 5.92. The van der Waals surface area contributed by atoms with Crippen molar-refractivity contribution in [3.8, 4) is 0 Å². The Morgan fingerprint density at radius 2 is 2.22 bits per heavy atom. The Morgan fingerprint density at radius 1 is 1.56 bits per heavy atom. The maximum atomic E-state index is 9.97. The highest BCUT2D eigenvalue weighted by Crippen LogP contribution is 2.28. The van der Waals surface area contributed by atoms with Crippen LogP contribution in [0, 0.1) is 10.3 Å². The van der Waals surface area contributed by atoms with Crippen molar-refractivity contribution in [2.45, 2.75) is 20.3 Å². The predicted molar refractivity (Wildman–Crippen MR) is 35.8 cm³/mol. The van der Waals surface area contributed by atoms with Gasteiger partial charge in [-0.05, 0) is 11.8 Å². The Hall–Kier alpha value is -0.600. The first-order valence-corrected chi connectivity index (χ1v) is 3.22. The third-order valence-electron chi connectivity index (χ3n) is 1.77. The molecule has 1 saturated heterocycles. The van der Waals surface area contributed by atoms with Gasteiger partial charge in [-0.2, -0.15) is 0 Å². The molecule has 1 rings (SSSR count). The lowest BCUT2D eigenvalue weighted by molar-refractivity contribution is 0.300. The second kappa shape index (κ2) is 1.97. The van der Waals surface area contributed by atoms with Crippen LogP contribution in [-0.2, 0) is 0 Å². The van der Waals surface area contributed by atoms with Crippen molar-refractivity contribution in [2.75, 3.05) is 13.1 Å². The number of nitrogens with zero attached hydrogens (tertiary/aromatic N) is 2. The first kappa shape index (κ1) is 6.52. The standard InChI is InChI=1S/C6H12N2O/c1-6(2)3-4-8(5-6)7-9/h3-5H2,1-2H3. The highest BCUT2D eigenvalue weighted by atomic mass is 16.3. The van der Waals surface area contributed by atoms with Crippen molar-refractivity contribution in [3.63, 3.8) is 0 Å². The van der Waals surface area contributed by atoms with Gasteiger partial charge >= 0.3 is 0 Å². The van der Waals surface area contributed by atoms with Crippen LogP contribution >= 0.6 is 0 Å². The number of rotatable bonds is 1. The van der Waals surface area contributed by atoms with Crippen LogP contribution in [0.5, 0.6) is 0 Å². The van der Waals surface area contributed by atoms with Crippen molar-refractivity contribution in [3.05, 3.63) is 4.91 Å². The lowest BCUT2D eigenvalue weighted by Gasteiger charge is -2.14.